The summed E-state index contributed by atoms with van der Waals surface area (Å²) < 4.78 is 35.3. The van der Waals surface area contributed by atoms with Crippen LogP contribution in [0, 0.1) is 5.92 Å². The van der Waals surface area contributed by atoms with E-state index in [0.29, 0.717) is 28.4 Å². The van der Waals surface area contributed by atoms with Crippen LogP contribution in [0.4, 0.5) is 14.7 Å². The fourth-order valence-electron chi connectivity index (χ4n) is 4.95. The molecule has 0 radical (unpaired) electrons. The van der Waals surface area contributed by atoms with Crippen LogP contribution in [0.25, 0.3) is 10.2 Å². The van der Waals surface area contributed by atoms with E-state index in [1.807, 2.05) is 44.2 Å². The molecule has 2 aromatic carbocycles. The van der Waals surface area contributed by atoms with Crippen LogP contribution in [0.1, 0.15) is 24.3 Å². The van der Waals surface area contributed by atoms with E-state index in [1.54, 1.807) is 40.7 Å². The first-order valence-corrected chi connectivity index (χ1v) is 17.6. The summed E-state index contributed by atoms with van der Waals surface area (Å²) in [5, 5.41) is 14.7. The molecular formula is C30H36N6O6S3. The number of rotatable bonds is 13. The highest BCUT2D eigenvalue weighted by Gasteiger charge is 2.33. The highest BCUT2D eigenvalue weighted by atomic mass is 32.2. The van der Waals surface area contributed by atoms with E-state index in [2.05, 4.69) is 15.3 Å². The van der Waals surface area contributed by atoms with Crippen molar-refractivity contribution in [2.24, 2.45) is 5.92 Å². The number of hydrogen-bond acceptors (Lipinski definition) is 10. The van der Waals surface area contributed by atoms with Crippen molar-refractivity contribution in [3.63, 3.8) is 0 Å². The number of alkyl carbamates (subject to hydrolysis) is 1. The van der Waals surface area contributed by atoms with Crippen molar-refractivity contribution < 1.29 is 27.9 Å². The van der Waals surface area contributed by atoms with Gasteiger partial charge in [-0.2, -0.15) is 4.31 Å². The number of hydrogen-bond donors (Lipinski definition) is 2. The predicted octanol–water partition coefficient (Wildman–Crippen LogP) is 4.17. The van der Waals surface area contributed by atoms with Gasteiger partial charge in [-0.05, 0) is 36.1 Å². The molecule has 15 heteroatoms. The van der Waals surface area contributed by atoms with Crippen molar-refractivity contribution >= 4 is 60.2 Å². The summed E-state index contributed by atoms with van der Waals surface area (Å²) in [6, 6.07) is 13.0. The van der Waals surface area contributed by atoms with E-state index in [0.717, 1.165) is 10.4 Å². The number of carbonyl (C=O) groups is 2. The Hall–Kier alpha value is -3.63. The van der Waals surface area contributed by atoms with Gasteiger partial charge in [-0.25, -0.2) is 23.0 Å². The molecule has 2 N–H and O–H groups in total. The number of aromatic nitrogens is 2. The quantitative estimate of drug-likeness (QED) is 0.215. The zero-order chi connectivity index (χ0) is 32.1. The van der Waals surface area contributed by atoms with Gasteiger partial charge in [-0.15, -0.1) is 11.3 Å². The van der Waals surface area contributed by atoms with Crippen molar-refractivity contribution in [1.82, 2.24) is 24.5 Å². The Morgan fingerprint density at radius 2 is 1.93 bits per heavy atom. The number of ether oxygens (including phenoxy) is 1. The lowest BCUT2D eigenvalue weighted by Crippen LogP contribution is -2.51. The van der Waals surface area contributed by atoms with Gasteiger partial charge in [0.1, 0.15) is 6.61 Å². The second kappa shape index (κ2) is 14.2. The molecule has 0 bridgehead atoms. The zero-order valence-corrected chi connectivity index (χ0v) is 27.6. The van der Waals surface area contributed by atoms with Gasteiger partial charge in [0.25, 0.3) is 0 Å². The van der Waals surface area contributed by atoms with Crippen molar-refractivity contribution in [3.8, 4) is 0 Å². The number of sulfonamides is 1. The molecule has 4 aromatic rings. The molecule has 2 aromatic heterocycles. The Kier molecular flexibility index (Phi) is 10.3. The number of urea groups is 1. The summed E-state index contributed by atoms with van der Waals surface area (Å²) in [7, 11) is -2.35. The Bertz CT molecular complexity index is 1710. The average molecular weight is 673 g/mol. The van der Waals surface area contributed by atoms with E-state index in [4.69, 9.17) is 4.74 Å². The summed E-state index contributed by atoms with van der Waals surface area (Å²) in [5.74, 6) is -0.0474. The molecule has 3 amide bonds. The molecular weight excluding hydrogens is 637 g/mol. The zero-order valence-electron chi connectivity index (χ0n) is 25.2. The van der Waals surface area contributed by atoms with Crippen LogP contribution in [0.3, 0.4) is 0 Å². The number of likely N-dealkylation sites (N-methyl/N-ethyl adjacent to an activating group) is 1. The molecule has 1 saturated heterocycles. The third kappa shape index (κ3) is 7.97. The number of thiazole rings is 2. The molecule has 1 aliphatic heterocycles. The average Bonchev–Trinajstić information content (AvgIpc) is 3.76. The standard InChI is InChI=1S/C30H36N6O6S3/c1-20(2)16-35(45(40,41)23-9-10-24-27(14-23)44-28(32-24)36-12-11-34(3)30(36)39)17-26(37)25(13-21-7-5-4-6-8-21)33-29(38)42-18-22-15-31-19-43-22/h4-10,14-15,19-20,25-26,37H,11-13,16-18H2,1-3H3,(H,33,38)/t25-,26+/m0/s1. The van der Waals surface area contributed by atoms with Gasteiger partial charge < -0.3 is 20.1 Å². The molecule has 2 atom stereocenters. The fraction of sp³-hybridized carbons (Fsp3) is 0.400. The number of benzene rings is 2. The molecule has 45 heavy (non-hydrogen) atoms. The van der Waals surface area contributed by atoms with Gasteiger partial charge in [0.2, 0.25) is 10.0 Å². The number of amides is 3. The first-order chi connectivity index (χ1) is 21.5. The molecule has 5 rings (SSSR count). The van der Waals surface area contributed by atoms with Gasteiger partial charge in [-0.3, -0.25) is 9.88 Å². The van der Waals surface area contributed by atoms with Gasteiger partial charge >= 0.3 is 12.1 Å². The first kappa shape index (κ1) is 32.8. The maximum atomic E-state index is 14.1. The van der Waals surface area contributed by atoms with Crippen LogP contribution in [0.2, 0.25) is 0 Å². The number of carbonyl (C=O) groups excluding carboxylic acids is 2. The molecule has 3 heterocycles. The second-order valence-electron chi connectivity index (χ2n) is 11.2. The summed E-state index contributed by atoms with van der Waals surface area (Å²) >= 11 is 2.61. The van der Waals surface area contributed by atoms with Gasteiger partial charge in [-0.1, -0.05) is 55.5 Å². The summed E-state index contributed by atoms with van der Waals surface area (Å²) in [4.78, 5) is 37.8. The highest BCUT2D eigenvalue weighted by Crippen LogP contribution is 2.33. The monoisotopic (exact) mass is 672 g/mol. The van der Waals surface area contributed by atoms with E-state index in [-0.39, 0.29) is 43.0 Å². The molecule has 0 spiro atoms. The lowest BCUT2D eigenvalue weighted by molar-refractivity contribution is 0.0876. The lowest BCUT2D eigenvalue weighted by atomic mass is 10.0. The molecule has 0 saturated carbocycles. The molecule has 1 fully saturated rings. The van der Waals surface area contributed by atoms with Crippen LogP contribution in [-0.4, -0.2) is 90.2 Å². The largest absolute Gasteiger partial charge is 0.444 e. The number of nitrogens with zero attached hydrogens (tertiary/aromatic N) is 5. The van der Waals surface area contributed by atoms with Crippen molar-refractivity contribution in [2.75, 3.05) is 38.1 Å². The Balaban J connectivity index is 1.36. The summed E-state index contributed by atoms with van der Waals surface area (Å²) in [5.41, 5.74) is 3.09. The van der Waals surface area contributed by atoms with E-state index in [9.17, 15) is 23.1 Å². The molecule has 1 aliphatic rings. The topological polar surface area (TPSA) is 145 Å². The number of aliphatic hydroxyl groups excluding tert-OH is 1. The SMILES string of the molecule is CC(C)CN(C[C@@H](O)[C@H](Cc1ccccc1)NC(=O)OCc1cncs1)S(=O)(=O)c1ccc2nc(N3CCN(C)C3=O)sc2c1. The summed E-state index contributed by atoms with van der Waals surface area (Å²) in [6.45, 7) is 4.81. The van der Waals surface area contributed by atoms with Crippen LogP contribution >= 0.6 is 22.7 Å². The van der Waals surface area contributed by atoms with Crippen LogP contribution in [-0.2, 0) is 27.8 Å². The van der Waals surface area contributed by atoms with Crippen molar-refractivity contribution in [1.29, 1.82) is 0 Å². The highest BCUT2D eigenvalue weighted by molar-refractivity contribution is 7.89. The summed E-state index contributed by atoms with van der Waals surface area (Å²) in [6.07, 6.45) is -0.118. The van der Waals surface area contributed by atoms with E-state index < -0.39 is 28.3 Å². The molecule has 0 aliphatic carbocycles. The number of aliphatic hydroxyl groups is 1. The third-order valence-corrected chi connectivity index (χ3v) is 10.9. The predicted molar refractivity (Wildman–Crippen MR) is 174 cm³/mol. The third-order valence-electron chi connectivity index (χ3n) is 7.29. The van der Waals surface area contributed by atoms with Crippen LogP contribution < -0.4 is 10.2 Å². The minimum absolute atomic E-state index is 0.0307. The fourth-order valence-corrected chi connectivity index (χ4v) is 8.20. The van der Waals surface area contributed by atoms with Crippen LogP contribution in [0.5, 0.6) is 0 Å². The molecule has 0 unspecified atom stereocenters. The molecule has 240 valence electrons. The van der Waals surface area contributed by atoms with Gasteiger partial charge in [0, 0.05) is 39.4 Å². The Morgan fingerprint density at radius 3 is 2.60 bits per heavy atom. The van der Waals surface area contributed by atoms with Crippen LogP contribution in [0.15, 0.2) is 65.1 Å². The Labute approximate surface area is 270 Å². The van der Waals surface area contributed by atoms with Gasteiger partial charge in [0.15, 0.2) is 5.13 Å². The van der Waals surface area contributed by atoms with E-state index in [1.165, 1.54) is 33.0 Å². The normalized spacial score (nSPS) is 15.3. The van der Waals surface area contributed by atoms with Gasteiger partial charge in [0.05, 0.1) is 37.6 Å². The molecule has 12 nitrogen and oxygen atoms in total. The minimum Gasteiger partial charge on any atom is -0.444 e. The Morgan fingerprint density at radius 1 is 1.16 bits per heavy atom. The second-order valence-corrected chi connectivity index (χ2v) is 15.2. The first-order valence-electron chi connectivity index (χ1n) is 14.5. The smallest absolute Gasteiger partial charge is 0.407 e. The lowest BCUT2D eigenvalue weighted by Gasteiger charge is -2.30. The number of anilines is 1. The maximum Gasteiger partial charge on any atom is 0.407 e. The number of fused-ring (bicyclic) bond motifs is 1. The van der Waals surface area contributed by atoms with Crippen molar-refractivity contribution in [3.05, 3.63) is 70.7 Å². The maximum absolute atomic E-state index is 14.1. The van der Waals surface area contributed by atoms with Crippen molar-refractivity contribution in [2.45, 2.75) is 43.9 Å². The minimum atomic E-state index is -4.07. The number of nitrogens with one attached hydrogen (secondary N) is 1. The van der Waals surface area contributed by atoms with E-state index >= 15 is 0 Å².